The number of carbonyl (C=O) groups is 3. The lowest BCUT2D eigenvalue weighted by Gasteiger charge is -2.20. The summed E-state index contributed by atoms with van der Waals surface area (Å²) in [7, 11) is 0. The van der Waals surface area contributed by atoms with E-state index in [0.717, 1.165) is 0 Å². The second kappa shape index (κ2) is 7.05. The van der Waals surface area contributed by atoms with Gasteiger partial charge in [-0.05, 0) is 6.54 Å². The number of rotatable bonds is 7. The SMILES string of the molecule is CCNC1COCC1C(=O)NC(CC(=O)O)C(=O)O. The first-order valence-corrected chi connectivity index (χ1v) is 6.01. The number of carboxylic acids is 2. The number of nitrogens with one attached hydrogen (secondary N) is 2. The van der Waals surface area contributed by atoms with E-state index in [9.17, 15) is 14.4 Å². The van der Waals surface area contributed by atoms with Gasteiger partial charge >= 0.3 is 11.9 Å². The minimum absolute atomic E-state index is 0.177. The molecule has 1 amide bonds. The summed E-state index contributed by atoms with van der Waals surface area (Å²) < 4.78 is 5.18. The zero-order chi connectivity index (χ0) is 14.4. The molecular formula is C11H18N2O6. The molecule has 1 aliphatic heterocycles. The third-order valence-corrected chi connectivity index (χ3v) is 2.88. The first-order chi connectivity index (χ1) is 8.95. The van der Waals surface area contributed by atoms with Gasteiger partial charge in [-0.25, -0.2) is 4.79 Å². The van der Waals surface area contributed by atoms with Gasteiger partial charge < -0.3 is 25.6 Å². The van der Waals surface area contributed by atoms with Gasteiger partial charge in [-0.15, -0.1) is 0 Å². The first-order valence-electron chi connectivity index (χ1n) is 6.01. The normalized spacial score (nSPS) is 23.8. The van der Waals surface area contributed by atoms with Crippen molar-refractivity contribution in [2.24, 2.45) is 5.92 Å². The minimum Gasteiger partial charge on any atom is -0.481 e. The molecule has 0 aromatic heterocycles. The maximum absolute atomic E-state index is 11.9. The number of carbonyl (C=O) groups excluding carboxylic acids is 1. The van der Waals surface area contributed by atoms with Gasteiger partial charge in [-0.3, -0.25) is 9.59 Å². The van der Waals surface area contributed by atoms with E-state index in [1.807, 2.05) is 6.92 Å². The van der Waals surface area contributed by atoms with Crippen LogP contribution in [0.5, 0.6) is 0 Å². The number of aliphatic carboxylic acids is 2. The number of ether oxygens (including phenoxy) is 1. The molecule has 0 bridgehead atoms. The van der Waals surface area contributed by atoms with E-state index in [4.69, 9.17) is 14.9 Å². The van der Waals surface area contributed by atoms with Gasteiger partial charge in [0.05, 0.1) is 25.6 Å². The summed E-state index contributed by atoms with van der Waals surface area (Å²) in [5.41, 5.74) is 0. The van der Waals surface area contributed by atoms with Crippen molar-refractivity contribution in [2.75, 3.05) is 19.8 Å². The van der Waals surface area contributed by atoms with Gasteiger partial charge in [0.15, 0.2) is 0 Å². The van der Waals surface area contributed by atoms with Crippen molar-refractivity contribution in [1.82, 2.24) is 10.6 Å². The summed E-state index contributed by atoms with van der Waals surface area (Å²) in [5, 5.41) is 22.8. The summed E-state index contributed by atoms with van der Waals surface area (Å²) in [4.78, 5) is 33.3. The molecule has 3 atom stereocenters. The molecule has 8 heteroatoms. The standard InChI is InChI=1S/C11H18N2O6/c1-2-12-8-5-19-4-6(8)10(16)13-7(11(17)18)3-9(14)15/h6-8,12H,2-5H2,1H3,(H,13,16)(H,14,15)(H,17,18). The van der Waals surface area contributed by atoms with Crippen molar-refractivity contribution in [3.8, 4) is 0 Å². The smallest absolute Gasteiger partial charge is 0.326 e. The van der Waals surface area contributed by atoms with Gasteiger partial charge in [0, 0.05) is 6.04 Å². The monoisotopic (exact) mass is 274 g/mol. The van der Waals surface area contributed by atoms with Gasteiger partial charge in [0.2, 0.25) is 5.91 Å². The summed E-state index contributed by atoms with van der Waals surface area (Å²) in [5.74, 6) is -3.65. The molecule has 8 nitrogen and oxygen atoms in total. The lowest BCUT2D eigenvalue weighted by Crippen LogP contribution is -2.49. The molecule has 0 aromatic carbocycles. The lowest BCUT2D eigenvalue weighted by molar-refractivity contribution is -0.147. The van der Waals surface area contributed by atoms with E-state index in [1.54, 1.807) is 0 Å². The van der Waals surface area contributed by atoms with Crippen LogP contribution >= 0.6 is 0 Å². The van der Waals surface area contributed by atoms with E-state index >= 15 is 0 Å². The number of amides is 1. The van der Waals surface area contributed by atoms with Gasteiger partial charge in [0.1, 0.15) is 6.04 Å². The topological polar surface area (TPSA) is 125 Å². The van der Waals surface area contributed by atoms with Crippen LogP contribution < -0.4 is 10.6 Å². The number of hydrogen-bond acceptors (Lipinski definition) is 5. The van der Waals surface area contributed by atoms with Crippen molar-refractivity contribution in [3.05, 3.63) is 0 Å². The lowest BCUT2D eigenvalue weighted by atomic mass is 10.0. The highest BCUT2D eigenvalue weighted by Gasteiger charge is 2.35. The summed E-state index contributed by atoms with van der Waals surface area (Å²) in [6.07, 6.45) is -0.652. The molecule has 0 radical (unpaired) electrons. The molecule has 0 saturated carbocycles. The molecule has 1 saturated heterocycles. The average Bonchev–Trinajstić information content (AvgIpc) is 2.76. The Labute approximate surface area is 110 Å². The Bertz CT molecular complexity index is 359. The zero-order valence-electron chi connectivity index (χ0n) is 10.6. The Morgan fingerprint density at radius 2 is 2.00 bits per heavy atom. The molecule has 1 fully saturated rings. The van der Waals surface area contributed by atoms with Crippen molar-refractivity contribution >= 4 is 17.8 Å². The highest BCUT2D eigenvalue weighted by molar-refractivity contribution is 5.88. The van der Waals surface area contributed by atoms with Crippen LogP contribution in [0.3, 0.4) is 0 Å². The molecule has 0 aromatic rings. The van der Waals surface area contributed by atoms with Crippen LogP contribution in [0.4, 0.5) is 0 Å². The van der Waals surface area contributed by atoms with Crippen LogP contribution in [0.15, 0.2) is 0 Å². The van der Waals surface area contributed by atoms with E-state index < -0.39 is 36.2 Å². The molecule has 1 rings (SSSR count). The van der Waals surface area contributed by atoms with Crippen LogP contribution in [0.2, 0.25) is 0 Å². The Kier molecular flexibility index (Phi) is 5.71. The molecule has 0 aliphatic carbocycles. The molecule has 1 heterocycles. The molecule has 3 unspecified atom stereocenters. The van der Waals surface area contributed by atoms with Crippen molar-refractivity contribution in [3.63, 3.8) is 0 Å². The van der Waals surface area contributed by atoms with Crippen molar-refractivity contribution in [2.45, 2.75) is 25.4 Å². The van der Waals surface area contributed by atoms with Gasteiger partial charge in [0.25, 0.3) is 0 Å². The Balaban J connectivity index is 2.60. The third-order valence-electron chi connectivity index (χ3n) is 2.88. The number of carboxylic acid groups (broad SMARTS) is 2. The Hall–Kier alpha value is -1.67. The molecule has 0 spiro atoms. The Morgan fingerprint density at radius 1 is 1.32 bits per heavy atom. The highest BCUT2D eigenvalue weighted by atomic mass is 16.5. The van der Waals surface area contributed by atoms with Crippen LogP contribution in [0, 0.1) is 5.92 Å². The molecule has 108 valence electrons. The second-order valence-corrected chi connectivity index (χ2v) is 4.31. The maximum atomic E-state index is 11.9. The average molecular weight is 274 g/mol. The summed E-state index contributed by atoms with van der Waals surface area (Å²) in [6, 6.07) is -1.60. The third kappa shape index (κ3) is 4.49. The predicted molar refractivity (Wildman–Crippen MR) is 63.6 cm³/mol. The van der Waals surface area contributed by atoms with Gasteiger partial charge in [-0.1, -0.05) is 6.92 Å². The molecule has 1 aliphatic rings. The summed E-state index contributed by atoms with van der Waals surface area (Å²) in [6.45, 7) is 3.12. The Morgan fingerprint density at radius 3 is 2.53 bits per heavy atom. The summed E-state index contributed by atoms with van der Waals surface area (Å²) >= 11 is 0. The van der Waals surface area contributed by atoms with Crippen molar-refractivity contribution < 1.29 is 29.3 Å². The number of likely N-dealkylation sites (N-methyl/N-ethyl adjacent to an activating group) is 1. The quantitative estimate of drug-likeness (QED) is 0.452. The maximum Gasteiger partial charge on any atom is 0.326 e. The van der Waals surface area contributed by atoms with E-state index in [2.05, 4.69) is 10.6 Å². The van der Waals surface area contributed by atoms with E-state index in [0.29, 0.717) is 13.2 Å². The highest BCUT2D eigenvalue weighted by Crippen LogP contribution is 2.14. The molecule has 19 heavy (non-hydrogen) atoms. The predicted octanol–water partition coefficient (Wildman–Crippen LogP) is -1.34. The molecular weight excluding hydrogens is 256 g/mol. The van der Waals surface area contributed by atoms with Crippen molar-refractivity contribution in [1.29, 1.82) is 0 Å². The van der Waals surface area contributed by atoms with Crippen LogP contribution in [-0.4, -0.2) is 59.9 Å². The largest absolute Gasteiger partial charge is 0.481 e. The van der Waals surface area contributed by atoms with Crippen LogP contribution in [-0.2, 0) is 19.1 Å². The zero-order valence-corrected chi connectivity index (χ0v) is 10.6. The fourth-order valence-electron chi connectivity index (χ4n) is 1.93. The molecule has 4 N–H and O–H groups in total. The van der Waals surface area contributed by atoms with Gasteiger partial charge in [-0.2, -0.15) is 0 Å². The first kappa shape index (κ1) is 15.4. The second-order valence-electron chi connectivity index (χ2n) is 4.31. The minimum atomic E-state index is -1.42. The number of hydrogen-bond donors (Lipinski definition) is 4. The van der Waals surface area contributed by atoms with Crippen LogP contribution in [0.25, 0.3) is 0 Å². The van der Waals surface area contributed by atoms with E-state index in [-0.39, 0.29) is 12.6 Å². The van der Waals surface area contributed by atoms with E-state index in [1.165, 1.54) is 0 Å². The fraction of sp³-hybridized carbons (Fsp3) is 0.727. The fourth-order valence-corrected chi connectivity index (χ4v) is 1.93. The van der Waals surface area contributed by atoms with Crippen LogP contribution in [0.1, 0.15) is 13.3 Å².